The molecule has 0 aliphatic carbocycles. The summed E-state index contributed by atoms with van der Waals surface area (Å²) in [6.07, 6.45) is 0. The lowest BCUT2D eigenvalue weighted by Gasteiger charge is -2.30. The minimum atomic E-state index is -0.665. The first-order valence-corrected chi connectivity index (χ1v) is 8.26. The van der Waals surface area contributed by atoms with Crippen LogP contribution in [0.15, 0.2) is 30.3 Å². The van der Waals surface area contributed by atoms with E-state index < -0.39 is 14.1 Å². The molecule has 1 aromatic rings. The van der Waals surface area contributed by atoms with E-state index in [2.05, 4.69) is 60.3 Å². The molecule has 1 rings (SSSR count). The van der Waals surface area contributed by atoms with Crippen molar-refractivity contribution >= 4 is 23.4 Å². The molecule has 0 bridgehead atoms. The van der Waals surface area contributed by atoms with Gasteiger partial charge in [-0.2, -0.15) is 0 Å². The maximum Gasteiger partial charge on any atom is 0.281 e. The summed E-state index contributed by atoms with van der Waals surface area (Å²) in [5.74, 6) is 0. The maximum absolute atomic E-state index is 3.10. The summed E-state index contributed by atoms with van der Waals surface area (Å²) in [6, 6.07) is 10.9. The van der Waals surface area contributed by atoms with Gasteiger partial charge < -0.3 is 0 Å². The Hall–Kier alpha value is 0.182. The lowest BCUT2D eigenvalue weighted by Crippen LogP contribution is -2.33. The summed E-state index contributed by atoms with van der Waals surface area (Å²) in [6.45, 7) is 7.06. The molecular weight excluding hydrogens is 202 g/mol. The largest absolute Gasteiger partial charge is 0.281 e. The van der Waals surface area contributed by atoms with E-state index in [1.54, 1.807) is 0 Å². The summed E-state index contributed by atoms with van der Waals surface area (Å²) in [7, 11) is 3.10. The van der Waals surface area contributed by atoms with Crippen molar-refractivity contribution in [2.24, 2.45) is 0 Å². The van der Waals surface area contributed by atoms with Crippen molar-refractivity contribution in [2.45, 2.75) is 35.4 Å². The van der Waals surface area contributed by atoms with Crippen molar-refractivity contribution in [3.63, 3.8) is 0 Å². The quantitative estimate of drug-likeness (QED) is 0.536. The van der Waals surface area contributed by atoms with Gasteiger partial charge in [-0.15, -0.1) is 9.24 Å². The Kier molecular flexibility index (Phi) is 4.65. The van der Waals surface area contributed by atoms with Crippen LogP contribution in [0.2, 0.25) is 10.6 Å². The van der Waals surface area contributed by atoms with Crippen LogP contribution in [-0.4, -0.2) is 14.1 Å². The topological polar surface area (TPSA) is 0 Å². The van der Waals surface area contributed by atoms with Gasteiger partial charge in [0.05, 0.1) is 0 Å². The van der Waals surface area contributed by atoms with Crippen LogP contribution in [0.3, 0.4) is 0 Å². The Morgan fingerprint density at radius 3 is 2.07 bits per heavy atom. The standard InChI is InChI=1S/C8H10P.2C2H5.Al/c1-7(9)8-5-3-2-4-6-8;2*1-2;/h2-6H,9H2,1H3;2*1H2,2H3;. The molecule has 0 heterocycles. The van der Waals surface area contributed by atoms with Crippen LogP contribution in [0.25, 0.3) is 0 Å². The molecular formula is C12H20AlP. The zero-order valence-electron chi connectivity index (χ0n) is 9.46. The molecule has 0 aliphatic heterocycles. The maximum atomic E-state index is 3.10. The number of rotatable bonds is 4. The van der Waals surface area contributed by atoms with E-state index in [9.17, 15) is 0 Å². The Labute approximate surface area is 94.7 Å². The van der Waals surface area contributed by atoms with E-state index in [1.165, 1.54) is 16.1 Å². The molecule has 0 amide bonds. The van der Waals surface area contributed by atoms with Crippen molar-refractivity contribution < 1.29 is 0 Å². The van der Waals surface area contributed by atoms with Crippen molar-refractivity contribution in [1.29, 1.82) is 0 Å². The molecule has 14 heavy (non-hydrogen) atoms. The van der Waals surface area contributed by atoms with Crippen LogP contribution < -0.4 is 0 Å². The third-order valence-electron chi connectivity index (χ3n) is 3.23. The van der Waals surface area contributed by atoms with Crippen molar-refractivity contribution in [2.75, 3.05) is 0 Å². The highest BCUT2D eigenvalue weighted by Crippen LogP contribution is 2.36. The van der Waals surface area contributed by atoms with Gasteiger partial charge in [-0.3, -0.25) is 0 Å². The molecule has 76 valence electrons. The molecule has 0 fully saturated rings. The van der Waals surface area contributed by atoms with E-state index in [0.29, 0.717) is 4.02 Å². The molecule has 2 atom stereocenters. The second-order valence-electron chi connectivity index (χ2n) is 4.16. The first-order valence-electron chi connectivity index (χ1n) is 5.47. The summed E-state index contributed by atoms with van der Waals surface area (Å²) in [4.78, 5) is 0. The number of hydrogen-bond acceptors (Lipinski definition) is 0. The van der Waals surface area contributed by atoms with Crippen LogP contribution in [0, 0.1) is 0 Å². The molecule has 0 saturated carbocycles. The molecule has 0 nitrogen and oxygen atoms in total. The fourth-order valence-electron chi connectivity index (χ4n) is 2.17. The van der Waals surface area contributed by atoms with Gasteiger partial charge in [0.25, 0.3) is 14.1 Å². The summed E-state index contributed by atoms with van der Waals surface area (Å²) in [5.41, 5.74) is 1.49. The summed E-state index contributed by atoms with van der Waals surface area (Å²) < 4.78 is 0.366. The molecule has 0 spiro atoms. The van der Waals surface area contributed by atoms with Gasteiger partial charge >= 0.3 is 0 Å². The molecule has 0 saturated heterocycles. The fraction of sp³-hybridized carbons (Fsp3) is 0.500. The molecule has 0 aliphatic rings. The third kappa shape index (κ3) is 2.61. The Balaban J connectivity index is 2.94. The smallest absolute Gasteiger partial charge is 0.141 e. The van der Waals surface area contributed by atoms with Crippen molar-refractivity contribution in [3.8, 4) is 0 Å². The normalized spacial score (nSPS) is 14.9. The van der Waals surface area contributed by atoms with Gasteiger partial charge in [-0.1, -0.05) is 67.2 Å². The van der Waals surface area contributed by atoms with Gasteiger partial charge in [0.1, 0.15) is 0 Å². The average Bonchev–Trinajstić information content (AvgIpc) is 2.20. The Morgan fingerprint density at radius 2 is 1.64 bits per heavy atom. The predicted molar refractivity (Wildman–Crippen MR) is 70.2 cm³/mol. The van der Waals surface area contributed by atoms with E-state index in [0.717, 1.165) is 0 Å². The SMILES string of the molecule is C[CH2][Al]([CH2]C)[C](C)(P)c1ccccc1. The van der Waals surface area contributed by atoms with Gasteiger partial charge in [0, 0.05) is 0 Å². The Morgan fingerprint density at radius 1 is 1.14 bits per heavy atom. The number of benzene rings is 1. The molecule has 0 N–H and O–H groups in total. The molecule has 0 radical (unpaired) electrons. The lowest BCUT2D eigenvalue weighted by molar-refractivity contribution is 0.930. The zero-order chi connectivity index (χ0) is 10.6. The van der Waals surface area contributed by atoms with Crippen LogP contribution >= 0.6 is 9.24 Å². The van der Waals surface area contributed by atoms with E-state index >= 15 is 0 Å². The zero-order valence-corrected chi connectivity index (χ0v) is 11.8. The average molecular weight is 222 g/mol. The molecule has 2 unspecified atom stereocenters. The first-order chi connectivity index (χ1) is 6.62. The second-order valence-corrected chi connectivity index (χ2v) is 10.3. The first kappa shape index (κ1) is 12.3. The summed E-state index contributed by atoms with van der Waals surface area (Å²) in [5, 5.41) is 2.76. The molecule has 1 aromatic carbocycles. The lowest BCUT2D eigenvalue weighted by atomic mass is 10.1. The minimum Gasteiger partial charge on any atom is -0.141 e. The monoisotopic (exact) mass is 222 g/mol. The second kappa shape index (κ2) is 5.32. The Bertz CT molecular complexity index is 265. The highest BCUT2D eigenvalue weighted by atomic mass is 31.0. The van der Waals surface area contributed by atoms with Crippen LogP contribution in [0.1, 0.15) is 26.3 Å². The van der Waals surface area contributed by atoms with Gasteiger partial charge in [0.2, 0.25) is 0 Å². The van der Waals surface area contributed by atoms with Crippen LogP contribution in [-0.2, 0) is 4.02 Å². The van der Waals surface area contributed by atoms with E-state index in [1.807, 2.05) is 0 Å². The predicted octanol–water partition coefficient (Wildman–Crippen LogP) is 3.85. The van der Waals surface area contributed by atoms with Crippen LogP contribution in [0.5, 0.6) is 0 Å². The number of hydrogen-bond donors (Lipinski definition) is 0. The van der Waals surface area contributed by atoms with E-state index in [-0.39, 0.29) is 0 Å². The molecule has 0 aromatic heterocycles. The van der Waals surface area contributed by atoms with Gasteiger partial charge in [-0.05, 0) is 4.02 Å². The highest BCUT2D eigenvalue weighted by Gasteiger charge is 2.33. The summed E-state index contributed by atoms with van der Waals surface area (Å²) >= 11 is -0.665. The highest BCUT2D eigenvalue weighted by molar-refractivity contribution is 7.24. The molecule has 2 heteroatoms. The van der Waals surface area contributed by atoms with Gasteiger partial charge in [0.15, 0.2) is 0 Å². The minimum absolute atomic E-state index is 0.366. The van der Waals surface area contributed by atoms with Crippen molar-refractivity contribution in [1.82, 2.24) is 0 Å². The van der Waals surface area contributed by atoms with E-state index in [4.69, 9.17) is 0 Å². The fourth-order valence-corrected chi connectivity index (χ4v) is 6.71. The van der Waals surface area contributed by atoms with Crippen LogP contribution in [0.4, 0.5) is 0 Å². The third-order valence-corrected chi connectivity index (χ3v) is 8.98. The van der Waals surface area contributed by atoms with Crippen molar-refractivity contribution in [3.05, 3.63) is 35.9 Å². The van der Waals surface area contributed by atoms with Gasteiger partial charge in [-0.25, -0.2) is 0 Å².